The Morgan fingerprint density at radius 1 is 1.14 bits per heavy atom. The second-order valence-electron chi connectivity index (χ2n) is 4.85. The Hall–Kier alpha value is -2.36. The molecule has 2 rings (SSSR count). The fourth-order valence-corrected chi connectivity index (χ4v) is 2.20. The van der Waals surface area contributed by atoms with Gasteiger partial charge in [-0.1, -0.05) is 0 Å². The molecule has 0 bridgehead atoms. The van der Waals surface area contributed by atoms with Crippen LogP contribution < -0.4 is 9.47 Å². The van der Waals surface area contributed by atoms with Crippen LogP contribution in [-0.2, 0) is 6.61 Å². The van der Waals surface area contributed by atoms with Crippen molar-refractivity contribution >= 4 is 6.29 Å². The molecule has 0 unspecified atom stereocenters. The minimum absolute atomic E-state index is 0.123. The number of methoxy groups -OCH3 is 1. The summed E-state index contributed by atoms with van der Waals surface area (Å²) < 4.78 is 24.5. The fourth-order valence-electron chi connectivity index (χ4n) is 2.20. The Morgan fingerprint density at radius 2 is 1.81 bits per heavy atom. The molecule has 110 valence electrons. The van der Waals surface area contributed by atoms with E-state index in [-0.39, 0.29) is 12.4 Å². The van der Waals surface area contributed by atoms with E-state index in [0.717, 1.165) is 17.4 Å². The molecule has 0 amide bonds. The van der Waals surface area contributed by atoms with E-state index in [9.17, 15) is 9.18 Å². The molecule has 0 saturated carbocycles. The van der Waals surface area contributed by atoms with Gasteiger partial charge in [0.2, 0.25) is 0 Å². The lowest BCUT2D eigenvalue weighted by Gasteiger charge is -2.13. The van der Waals surface area contributed by atoms with Crippen molar-refractivity contribution in [3.8, 4) is 11.5 Å². The standard InChI is InChI=1S/C17H17FO3/c1-11-6-13(9-19)7-12(2)17(11)21-10-14-4-5-15(20-3)8-16(14)18/h4-9H,10H2,1-3H3. The summed E-state index contributed by atoms with van der Waals surface area (Å²) in [7, 11) is 1.49. The Bertz CT molecular complexity index is 642. The Labute approximate surface area is 123 Å². The molecule has 0 heterocycles. The van der Waals surface area contributed by atoms with Crippen molar-refractivity contribution < 1.29 is 18.7 Å². The third-order valence-corrected chi connectivity index (χ3v) is 3.25. The van der Waals surface area contributed by atoms with Gasteiger partial charge < -0.3 is 9.47 Å². The SMILES string of the molecule is COc1ccc(COc2c(C)cc(C=O)cc2C)c(F)c1. The van der Waals surface area contributed by atoms with Crippen molar-refractivity contribution in [1.29, 1.82) is 0 Å². The van der Waals surface area contributed by atoms with Crippen molar-refractivity contribution in [2.45, 2.75) is 20.5 Å². The molecule has 3 nitrogen and oxygen atoms in total. The van der Waals surface area contributed by atoms with Crippen molar-refractivity contribution in [3.63, 3.8) is 0 Å². The van der Waals surface area contributed by atoms with Gasteiger partial charge >= 0.3 is 0 Å². The predicted octanol–water partition coefficient (Wildman–Crippen LogP) is 3.84. The summed E-state index contributed by atoms with van der Waals surface area (Å²) in [6, 6.07) is 8.16. The molecule has 21 heavy (non-hydrogen) atoms. The lowest BCUT2D eigenvalue weighted by Crippen LogP contribution is -2.02. The lowest BCUT2D eigenvalue weighted by atomic mass is 10.1. The minimum Gasteiger partial charge on any atom is -0.497 e. The van der Waals surface area contributed by atoms with Crippen molar-refractivity contribution in [2.75, 3.05) is 7.11 Å². The molecular weight excluding hydrogens is 271 g/mol. The summed E-state index contributed by atoms with van der Waals surface area (Å²) in [6.45, 7) is 3.84. The van der Waals surface area contributed by atoms with Gasteiger partial charge in [0.15, 0.2) is 0 Å². The number of ether oxygens (including phenoxy) is 2. The largest absolute Gasteiger partial charge is 0.497 e. The molecule has 0 N–H and O–H groups in total. The molecule has 0 radical (unpaired) electrons. The quantitative estimate of drug-likeness (QED) is 0.784. The van der Waals surface area contributed by atoms with E-state index in [1.54, 1.807) is 24.3 Å². The van der Waals surface area contributed by atoms with Crippen LogP contribution in [0.3, 0.4) is 0 Å². The van der Waals surface area contributed by atoms with Gasteiger partial charge in [-0.2, -0.15) is 0 Å². The molecule has 0 saturated heterocycles. The summed E-state index contributed by atoms with van der Waals surface area (Å²) in [6.07, 6.45) is 0.799. The van der Waals surface area contributed by atoms with Crippen LogP contribution >= 0.6 is 0 Å². The van der Waals surface area contributed by atoms with E-state index in [0.29, 0.717) is 22.6 Å². The normalized spacial score (nSPS) is 10.3. The van der Waals surface area contributed by atoms with E-state index in [1.807, 2.05) is 13.8 Å². The number of aldehydes is 1. The number of aryl methyl sites for hydroxylation is 2. The molecule has 0 aromatic heterocycles. The first-order valence-electron chi connectivity index (χ1n) is 6.56. The van der Waals surface area contributed by atoms with Crippen LogP contribution in [0.15, 0.2) is 30.3 Å². The molecule has 0 spiro atoms. The van der Waals surface area contributed by atoms with Crippen LogP contribution in [0.4, 0.5) is 4.39 Å². The second kappa shape index (κ2) is 6.39. The first kappa shape index (κ1) is 15.0. The topological polar surface area (TPSA) is 35.5 Å². The summed E-state index contributed by atoms with van der Waals surface area (Å²) in [5, 5.41) is 0. The molecule has 0 atom stereocenters. The third kappa shape index (κ3) is 3.40. The van der Waals surface area contributed by atoms with Crippen LogP contribution in [0.5, 0.6) is 11.5 Å². The highest BCUT2D eigenvalue weighted by Gasteiger charge is 2.09. The maximum absolute atomic E-state index is 13.9. The first-order chi connectivity index (χ1) is 10.0. The molecule has 2 aromatic carbocycles. The first-order valence-corrected chi connectivity index (χ1v) is 6.56. The summed E-state index contributed by atoms with van der Waals surface area (Å²) >= 11 is 0. The van der Waals surface area contributed by atoms with Crippen LogP contribution in [0.2, 0.25) is 0 Å². The van der Waals surface area contributed by atoms with Gasteiger partial charge in [-0.3, -0.25) is 4.79 Å². The zero-order chi connectivity index (χ0) is 15.4. The van der Waals surface area contributed by atoms with Gasteiger partial charge in [0, 0.05) is 17.2 Å². The van der Waals surface area contributed by atoms with Crippen LogP contribution in [0.1, 0.15) is 27.0 Å². The fraction of sp³-hybridized carbons (Fsp3) is 0.235. The highest BCUT2D eigenvalue weighted by Crippen LogP contribution is 2.26. The van der Waals surface area contributed by atoms with Gasteiger partial charge in [0.05, 0.1) is 7.11 Å². The summed E-state index contributed by atoms with van der Waals surface area (Å²) in [5.74, 6) is 0.781. The average Bonchev–Trinajstić information content (AvgIpc) is 2.47. The molecule has 2 aromatic rings. The minimum atomic E-state index is -0.367. The second-order valence-corrected chi connectivity index (χ2v) is 4.85. The van der Waals surface area contributed by atoms with Gasteiger partial charge in [-0.05, 0) is 49.2 Å². The number of hydrogen-bond acceptors (Lipinski definition) is 3. The van der Waals surface area contributed by atoms with Crippen molar-refractivity contribution in [1.82, 2.24) is 0 Å². The number of hydrogen-bond donors (Lipinski definition) is 0. The van der Waals surface area contributed by atoms with Gasteiger partial charge in [0.25, 0.3) is 0 Å². The van der Waals surface area contributed by atoms with Crippen LogP contribution in [0, 0.1) is 19.7 Å². The molecule has 0 aliphatic heterocycles. The zero-order valence-electron chi connectivity index (χ0n) is 12.3. The maximum Gasteiger partial charge on any atom is 0.150 e. The highest BCUT2D eigenvalue weighted by molar-refractivity contribution is 5.76. The number of halogens is 1. The smallest absolute Gasteiger partial charge is 0.150 e. The Morgan fingerprint density at radius 3 is 2.33 bits per heavy atom. The van der Waals surface area contributed by atoms with Gasteiger partial charge in [0.1, 0.15) is 30.2 Å². The molecular formula is C17H17FO3. The monoisotopic (exact) mass is 288 g/mol. The van der Waals surface area contributed by atoms with Crippen LogP contribution in [-0.4, -0.2) is 13.4 Å². The van der Waals surface area contributed by atoms with E-state index in [1.165, 1.54) is 13.2 Å². The predicted molar refractivity (Wildman–Crippen MR) is 78.6 cm³/mol. The third-order valence-electron chi connectivity index (χ3n) is 3.25. The highest BCUT2D eigenvalue weighted by atomic mass is 19.1. The molecule has 0 aliphatic carbocycles. The molecule has 4 heteroatoms. The van der Waals surface area contributed by atoms with Gasteiger partial charge in [-0.15, -0.1) is 0 Å². The van der Waals surface area contributed by atoms with Crippen LogP contribution in [0.25, 0.3) is 0 Å². The lowest BCUT2D eigenvalue weighted by molar-refractivity contribution is 0.112. The number of carbonyl (C=O) groups excluding carboxylic acids is 1. The van der Waals surface area contributed by atoms with Gasteiger partial charge in [-0.25, -0.2) is 4.39 Å². The number of carbonyl (C=O) groups is 1. The Kier molecular flexibility index (Phi) is 4.58. The summed E-state index contributed by atoms with van der Waals surface area (Å²) in [5.41, 5.74) is 2.76. The maximum atomic E-state index is 13.9. The van der Waals surface area contributed by atoms with Crippen molar-refractivity contribution in [2.24, 2.45) is 0 Å². The van der Waals surface area contributed by atoms with Crippen molar-refractivity contribution in [3.05, 3.63) is 58.4 Å². The number of rotatable bonds is 5. The Balaban J connectivity index is 2.18. The average molecular weight is 288 g/mol. The van der Waals surface area contributed by atoms with E-state index in [2.05, 4.69) is 0 Å². The summed E-state index contributed by atoms with van der Waals surface area (Å²) in [4.78, 5) is 10.8. The number of benzene rings is 2. The van der Waals surface area contributed by atoms with E-state index in [4.69, 9.17) is 9.47 Å². The van der Waals surface area contributed by atoms with E-state index >= 15 is 0 Å². The molecule has 0 fully saturated rings. The zero-order valence-corrected chi connectivity index (χ0v) is 12.3. The van der Waals surface area contributed by atoms with E-state index < -0.39 is 0 Å². The molecule has 0 aliphatic rings.